The van der Waals surface area contributed by atoms with Crippen LogP contribution in [0.5, 0.6) is 0 Å². The number of benzene rings is 2. The van der Waals surface area contributed by atoms with Gasteiger partial charge in [0.1, 0.15) is 12.3 Å². The Balaban J connectivity index is 1.85. The molecule has 0 amide bonds. The van der Waals surface area contributed by atoms with E-state index in [1.807, 2.05) is 0 Å². The molecule has 1 N–H and O–H groups in total. The lowest BCUT2D eigenvalue weighted by molar-refractivity contribution is -0.0807. The first-order valence-corrected chi connectivity index (χ1v) is 8.46. The molecular formula is C20H26N2O. The SMILES string of the molecule is Cc1ccccc1C(OC(C)N1CCNCC1)c1ccccc1. The Morgan fingerprint density at radius 2 is 1.61 bits per heavy atom. The molecule has 1 fully saturated rings. The minimum atomic E-state index is -0.0257. The van der Waals surface area contributed by atoms with Crippen molar-refractivity contribution in [1.29, 1.82) is 0 Å². The molecule has 0 radical (unpaired) electrons. The Morgan fingerprint density at radius 3 is 2.30 bits per heavy atom. The minimum absolute atomic E-state index is 0.0257. The summed E-state index contributed by atoms with van der Waals surface area (Å²) in [7, 11) is 0. The van der Waals surface area contributed by atoms with E-state index in [-0.39, 0.29) is 12.3 Å². The predicted molar refractivity (Wildman–Crippen MR) is 94.5 cm³/mol. The van der Waals surface area contributed by atoms with E-state index in [4.69, 9.17) is 4.74 Å². The predicted octanol–water partition coefficient (Wildman–Crippen LogP) is 3.35. The number of hydrogen-bond donors (Lipinski definition) is 1. The van der Waals surface area contributed by atoms with Crippen LogP contribution in [0.25, 0.3) is 0 Å². The van der Waals surface area contributed by atoms with Crippen LogP contribution < -0.4 is 5.32 Å². The molecule has 1 aliphatic rings. The van der Waals surface area contributed by atoms with Gasteiger partial charge in [0.05, 0.1) is 0 Å². The molecular weight excluding hydrogens is 284 g/mol. The summed E-state index contributed by atoms with van der Waals surface area (Å²) < 4.78 is 6.54. The summed E-state index contributed by atoms with van der Waals surface area (Å²) in [4.78, 5) is 2.41. The molecule has 2 unspecified atom stereocenters. The highest BCUT2D eigenvalue weighted by molar-refractivity contribution is 5.35. The van der Waals surface area contributed by atoms with Gasteiger partial charge in [-0.05, 0) is 30.5 Å². The smallest absolute Gasteiger partial charge is 0.110 e. The molecule has 3 heteroatoms. The van der Waals surface area contributed by atoms with E-state index in [0.717, 1.165) is 26.2 Å². The summed E-state index contributed by atoms with van der Waals surface area (Å²) in [5, 5.41) is 3.40. The Kier molecular flexibility index (Phi) is 5.44. The summed E-state index contributed by atoms with van der Waals surface area (Å²) in [6, 6.07) is 19.0. The van der Waals surface area contributed by atoms with Crippen LogP contribution in [0.4, 0.5) is 0 Å². The van der Waals surface area contributed by atoms with Gasteiger partial charge in [0.15, 0.2) is 0 Å². The average molecular weight is 310 g/mol. The Bertz CT molecular complexity index is 608. The van der Waals surface area contributed by atoms with Crippen molar-refractivity contribution in [3.63, 3.8) is 0 Å². The standard InChI is InChI=1S/C20H26N2O/c1-16-8-6-7-11-19(16)20(18-9-4-3-5-10-18)23-17(2)22-14-12-21-13-15-22/h3-11,17,20-21H,12-15H2,1-2H3. The lowest BCUT2D eigenvalue weighted by Crippen LogP contribution is -2.48. The molecule has 23 heavy (non-hydrogen) atoms. The molecule has 1 saturated heterocycles. The number of rotatable bonds is 5. The zero-order valence-electron chi connectivity index (χ0n) is 14.0. The molecule has 3 nitrogen and oxygen atoms in total. The van der Waals surface area contributed by atoms with Crippen LogP contribution in [0.3, 0.4) is 0 Å². The van der Waals surface area contributed by atoms with Crippen LogP contribution in [0, 0.1) is 6.92 Å². The van der Waals surface area contributed by atoms with Crippen LogP contribution in [0.15, 0.2) is 54.6 Å². The number of nitrogens with zero attached hydrogens (tertiary/aromatic N) is 1. The van der Waals surface area contributed by atoms with Crippen molar-refractivity contribution < 1.29 is 4.74 Å². The Labute approximate surface area is 139 Å². The first-order chi connectivity index (χ1) is 11.3. The van der Waals surface area contributed by atoms with E-state index in [1.165, 1.54) is 16.7 Å². The first-order valence-electron chi connectivity index (χ1n) is 8.46. The van der Waals surface area contributed by atoms with Crippen molar-refractivity contribution in [2.75, 3.05) is 26.2 Å². The number of hydrogen-bond acceptors (Lipinski definition) is 3. The fourth-order valence-electron chi connectivity index (χ4n) is 3.17. The average Bonchev–Trinajstić information content (AvgIpc) is 2.62. The van der Waals surface area contributed by atoms with Crippen molar-refractivity contribution >= 4 is 0 Å². The van der Waals surface area contributed by atoms with Crippen LogP contribution in [-0.2, 0) is 4.74 Å². The van der Waals surface area contributed by atoms with Crippen LogP contribution >= 0.6 is 0 Å². The molecule has 0 spiro atoms. The second kappa shape index (κ2) is 7.73. The van der Waals surface area contributed by atoms with E-state index in [1.54, 1.807) is 0 Å². The topological polar surface area (TPSA) is 24.5 Å². The second-order valence-corrected chi connectivity index (χ2v) is 6.17. The third-order valence-corrected chi connectivity index (χ3v) is 4.57. The van der Waals surface area contributed by atoms with E-state index >= 15 is 0 Å². The molecule has 0 aliphatic carbocycles. The maximum Gasteiger partial charge on any atom is 0.110 e. The third kappa shape index (κ3) is 3.99. The summed E-state index contributed by atoms with van der Waals surface area (Å²) in [6.45, 7) is 8.47. The molecule has 1 aliphatic heterocycles. The number of nitrogens with one attached hydrogen (secondary N) is 1. The second-order valence-electron chi connectivity index (χ2n) is 6.17. The van der Waals surface area contributed by atoms with Crippen molar-refractivity contribution in [2.24, 2.45) is 0 Å². The normalized spacial score (nSPS) is 18.5. The van der Waals surface area contributed by atoms with Crippen molar-refractivity contribution in [3.8, 4) is 0 Å². The molecule has 0 aromatic heterocycles. The maximum atomic E-state index is 6.54. The maximum absolute atomic E-state index is 6.54. The van der Waals surface area contributed by atoms with Gasteiger partial charge in [-0.15, -0.1) is 0 Å². The molecule has 0 saturated carbocycles. The first kappa shape index (κ1) is 16.2. The lowest BCUT2D eigenvalue weighted by Gasteiger charge is -2.35. The largest absolute Gasteiger partial charge is 0.351 e. The van der Waals surface area contributed by atoms with Gasteiger partial charge in [-0.1, -0.05) is 54.6 Å². The van der Waals surface area contributed by atoms with E-state index < -0.39 is 0 Å². The van der Waals surface area contributed by atoms with Gasteiger partial charge < -0.3 is 10.1 Å². The molecule has 2 aromatic carbocycles. The lowest BCUT2D eigenvalue weighted by atomic mass is 9.97. The fraction of sp³-hybridized carbons (Fsp3) is 0.400. The quantitative estimate of drug-likeness (QED) is 0.916. The molecule has 2 atom stereocenters. The summed E-state index contributed by atoms with van der Waals surface area (Å²) in [6.07, 6.45) is 0.0733. The summed E-state index contributed by atoms with van der Waals surface area (Å²) in [5.74, 6) is 0. The zero-order valence-corrected chi connectivity index (χ0v) is 14.0. The highest BCUT2D eigenvalue weighted by atomic mass is 16.5. The molecule has 3 rings (SSSR count). The van der Waals surface area contributed by atoms with Crippen molar-refractivity contribution in [1.82, 2.24) is 10.2 Å². The molecule has 122 valence electrons. The van der Waals surface area contributed by atoms with Crippen LogP contribution in [-0.4, -0.2) is 37.3 Å². The number of ether oxygens (including phenoxy) is 1. The summed E-state index contributed by atoms with van der Waals surface area (Å²) >= 11 is 0. The van der Waals surface area contributed by atoms with Crippen LogP contribution in [0.1, 0.15) is 29.7 Å². The molecule has 1 heterocycles. The van der Waals surface area contributed by atoms with Gasteiger partial charge in [0.25, 0.3) is 0 Å². The van der Waals surface area contributed by atoms with Crippen molar-refractivity contribution in [3.05, 3.63) is 71.3 Å². The van der Waals surface area contributed by atoms with Gasteiger partial charge in [-0.2, -0.15) is 0 Å². The Hall–Kier alpha value is -1.68. The minimum Gasteiger partial charge on any atom is -0.351 e. The monoisotopic (exact) mass is 310 g/mol. The highest BCUT2D eigenvalue weighted by Gasteiger charge is 2.23. The van der Waals surface area contributed by atoms with Gasteiger partial charge in [-0.25, -0.2) is 0 Å². The van der Waals surface area contributed by atoms with Crippen molar-refractivity contribution in [2.45, 2.75) is 26.2 Å². The third-order valence-electron chi connectivity index (χ3n) is 4.57. The Morgan fingerprint density at radius 1 is 0.957 bits per heavy atom. The van der Waals surface area contributed by atoms with E-state index in [0.29, 0.717) is 0 Å². The van der Waals surface area contributed by atoms with Gasteiger partial charge >= 0.3 is 0 Å². The molecule has 2 aromatic rings. The zero-order chi connectivity index (χ0) is 16.1. The number of aryl methyl sites for hydroxylation is 1. The summed E-state index contributed by atoms with van der Waals surface area (Å²) in [5.41, 5.74) is 3.73. The van der Waals surface area contributed by atoms with Crippen LogP contribution in [0.2, 0.25) is 0 Å². The van der Waals surface area contributed by atoms with E-state index in [2.05, 4.69) is 78.7 Å². The molecule has 0 bridgehead atoms. The van der Waals surface area contributed by atoms with Gasteiger partial charge in [0.2, 0.25) is 0 Å². The van der Waals surface area contributed by atoms with Gasteiger partial charge in [0, 0.05) is 26.2 Å². The highest BCUT2D eigenvalue weighted by Crippen LogP contribution is 2.30. The fourth-order valence-corrected chi connectivity index (χ4v) is 3.17. The number of piperazine rings is 1. The van der Waals surface area contributed by atoms with E-state index in [9.17, 15) is 0 Å². The van der Waals surface area contributed by atoms with Gasteiger partial charge in [-0.3, -0.25) is 4.90 Å².